The Morgan fingerprint density at radius 1 is 1.03 bits per heavy atom. The SMILES string of the molecule is Cc1cccc(CN(C)C(=O)c2cccnc2SCCS(=O)(=O)c2ccccc2)c1. The summed E-state index contributed by atoms with van der Waals surface area (Å²) in [4.78, 5) is 19.3. The van der Waals surface area contributed by atoms with E-state index in [1.807, 2.05) is 25.1 Å². The van der Waals surface area contributed by atoms with Crippen LogP contribution in [-0.2, 0) is 16.4 Å². The number of thioether (sulfide) groups is 1. The maximum atomic E-state index is 13.0. The lowest BCUT2D eigenvalue weighted by Crippen LogP contribution is -2.27. The highest BCUT2D eigenvalue weighted by Gasteiger charge is 2.19. The molecule has 1 aromatic heterocycles. The highest BCUT2D eigenvalue weighted by Crippen LogP contribution is 2.23. The van der Waals surface area contributed by atoms with Crippen LogP contribution in [0.25, 0.3) is 0 Å². The Balaban J connectivity index is 1.67. The van der Waals surface area contributed by atoms with Gasteiger partial charge in [-0.1, -0.05) is 48.0 Å². The maximum Gasteiger partial charge on any atom is 0.256 e. The highest BCUT2D eigenvalue weighted by molar-refractivity contribution is 8.00. The van der Waals surface area contributed by atoms with Crippen molar-refractivity contribution in [2.45, 2.75) is 23.4 Å². The third-order valence-electron chi connectivity index (χ3n) is 4.54. The first-order chi connectivity index (χ1) is 14.4. The van der Waals surface area contributed by atoms with E-state index in [1.54, 1.807) is 60.6 Å². The number of hydrogen-bond donors (Lipinski definition) is 0. The molecule has 0 radical (unpaired) electrons. The highest BCUT2D eigenvalue weighted by atomic mass is 32.2. The van der Waals surface area contributed by atoms with Gasteiger partial charge in [-0.2, -0.15) is 0 Å². The monoisotopic (exact) mass is 440 g/mol. The first-order valence-electron chi connectivity index (χ1n) is 9.53. The molecule has 0 bridgehead atoms. The number of aromatic nitrogens is 1. The van der Waals surface area contributed by atoms with E-state index < -0.39 is 9.84 Å². The van der Waals surface area contributed by atoms with Gasteiger partial charge in [0.2, 0.25) is 0 Å². The van der Waals surface area contributed by atoms with Crippen LogP contribution in [-0.4, -0.2) is 42.8 Å². The molecule has 0 aliphatic heterocycles. The lowest BCUT2D eigenvalue weighted by Gasteiger charge is -2.19. The third kappa shape index (κ3) is 5.70. The fourth-order valence-electron chi connectivity index (χ4n) is 3.02. The molecule has 7 heteroatoms. The van der Waals surface area contributed by atoms with Crippen LogP contribution < -0.4 is 0 Å². The molecule has 0 N–H and O–H groups in total. The summed E-state index contributed by atoms with van der Waals surface area (Å²) in [6, 6.07) is 19.9. The van der Waals surface area contributed by atoms with E-state index in [0.29, 0.717) is 27.8 Å². The van der Waals surface area contributed by atoms with Crippen molar-refractivity contribution in [1.29, 1.82) is 0 Å². The molecule has 0 aliphatic carbocycles. The molecule has 0 spiro atoms. The van der Waals surface area contributed by atoms with E-state index in [1.165, 1.54) is 11.8 Å². The van der Waals surface area contributed by atoms with Crippen LogP contribution in [0, 0.1) is 6.92 Å². The summed E-state index contributed by atoms with van der Waals surface area (Å²) < 4.78 is 24.9. The lowest BCUT2D eigenvalue weighted by molar-refractivity contribution is 0.0781. The zero-order chi connectivity index (χ0) is 21.6. The zero-order valence-electron chi connectivity index (χ0n) is 17.0. The number of pyridine rings is 1. The average molecular weight is 441 g/mol. The molecule has 2 aromatic carbocycles. The van der Waals surface area contributed by atoms with E-state index in [9.17, 15) is 13.2 Å². The molecule has 0 saturated carbocycles. The van der Waals surface area contributed by atoms with Crippen LogP contribution in [0.1, 0.15) is 21.5 Å². The van der Waals surface area contributed by atoms with Gasteiger partial charge < -0.3 is 4.90 Å². The number of carbonyl (C=O) groups is 1. The van der Waals surface area contributed by atoms with E-state index >= 15 is 0 Å². The molecule has 3 aromatic rings. The Morgan fingerprint density at radius 3 is 2.53 bits per heavy atom. The number of carbonyl (C=O) groups excluding carboxylic acids is 1. The van der Waals surface area contributed by atoms with Gasteiger partial charge in [-0.25, -0.2) is 13.4 Å². The first kappa shape index (κ1) is 22.1. The molecule has 1 amide bonds. The Morgan fingerprint density at radius 2 is 1.80 bits per heavy atom. The molecule has 0 aliphatic rings. The quantitative estimate of drug-likeness (QED) is 0.491. The van der Waals surface area contributed by atoms with Gasteiger partial charge in [0.25, 0.3) is 5.91 Å². The molecule has 0 saturated heterocycles. The van der Waals surface area contributed by atoms with Crippen LogP contribution in [0.4, 0.5) is 0 Å². The molecular formula is C23H24N2O3S2. The number of sulfone groups is 1. The van der Waals surface area contributed by atoms with Gasteiger partial charge >= 0.3 is 0 Å². The normalized spacial score (nSPS) is 11.3. The Hall–Kier alpha value is -2.64. The number of hydrogen-bond acceptors (Lipinski definition) is 5. The first-order valence-corrected chi connectivity index (χ1v) is 12.2. The van der Waals surface area contributed by atoms with E-state index in [-0.39, 0.29) is 11.7 Å². The summed E-state index contributed by atoms with van der Waals surface area (Å²) in [5.74, 6) is 0.152. The van der Waals surface area contributed by atoms with Gasteiger partial charge in [0.1, 0.15) is 5.03 Å². The summed E-state index contributed by atoms with van der Waals surface area (Å²) in [5.41, 5.74) is 2.68. The minimum Gasteiger partial charge on any atom is -0.337 e. The fraction of sp³-hybridized carbons (Fsp3) is 0.217. The average Bonchev–Trinajstić information content (AvgIpc) is 2.74. The van der Waals surface area contributed by atoms with Gasteiger partial charge in [-0.05, 0) is 36.8 Å². The maximum absolute atomic E-state index is 13.0. The number of aryl methyl sites for hydroxylation is 1. The van der Waals surface area contributed by atoms with Gasteiger partial charge in [0.15, 0.2) is 9.84 Å². The third-order valence-corrected chi connectivity index (χ3v) is 7.54. The van der Waals surface area contributed by atoms with Crippen molar-refractivity contribution in [1.82, 2.24) is 9.88 Å². The molecule has 0 atom stereocenters. The molecule has 0 fully saturated rings. The summed E-state index contributed by atoms with van der Waals surface area (Å²) in [5, 5.41) is 0.543. The Labute approximate surface area is 182 Å². The number of rotatable bonds is 8. The van der Waals surface area contributed by atoms with E-state index in [2.05, 4.69) is 11.1 Å². The van der Waals surface area contributed by atoms with Crippen LogP contribution >= 0.6 is 11.8 Å². The van der Waals surface area contributed by atoms with Crippen molar-refractivity contribution in [3.8, 4) is 0 Å². The predicted molar refractivity (Wildman–Crippen MR) is 120 cm³/mol. The predicted octanol–water partition coefficient (Wildman–Crippen LogP) is 4.23. The van der Waals surface area contributed by atoms with Crippen LogP contribution in [0.5, 0.6) is 0 Å². The fourth-order valence-corrected chi connectivity index (χ4v) is 5.68. The standard InChI is InChI=1S/C23H24N2O3S2/c1-18-8-6-9-19(16-18)17-25(2)23(26)21-12-7-13-24-22(21)29-14-15-30(27,28)20-10-4-3-5-11-20/h3-13,16H,14-15,17H2,1-2H3. The van der Waals surface area contributed by atoms with E-state index in [4.69, 9.17) is 0 Å². The Kier molecular flexibility index (Phi) is 7.29. The second-order valence-corrected chi connectivity index (χ2v) is 10.2. The van der Waals surface area contributed by atoms with Gasteiger partial charge in [0, 0.05) is 25.5 Å². The lowest BCUT2D eigenvalue weighted by atomic mass is 10.1. The minimum absolute atomic E-state index is 0.0228. The Bertz CT molecular complexity index is 1120. The second-order valence-electron chi connectivity index (χ2n) is 6.99. The van der Waals surface area contributed by atoms with Crippen LogP contribution in [0.2, 0.25) is 0 Å². The van der Waals surface area contributed by atoms with E-state index in [0.717, 1.165) is 11.1 Å². The van der Waals surface area contributed by atoms with Crippen molar-refractivity contribution >= 4 is 27.5 Å². The van der Waals surface area contributed by atoms with Gasteiger partial charge in [-0.15, -0.1) is 11.8 Å². The smallest absolute Gasteiger partial charge is 0.256 e. The van der Waals surface area contributed by atoms with Crippen LogP contribution in [0.15, 0.2) is 82.8 Å². The topological polar surface area (TPSA) is 67.3 Å². The van der Waals surface area contributed by atoms with Crippen LogP contribution in [0.3, 0.4) is 0 Å². The molecule has 0 unspecified atom stereocenters. The molecule has 30 heavy (non-hydrogen) atoms. The number of benzene rings is 2. The van der Waals surface area contributed by atoms with Gasteiger partial charge in [-0.3, -0.25) is 4.79 Å². The summed E-state index contributed by atoms with van der Waals surface area (Å²) >= 11 is 1.29. The summed E-state index contributed by atoms with van der Waals surface area (Å²) in [6.07, 6.45) is 1.62. The minimum atomic E-state index is -3.37. The number of amides is 1. The second kappa shape index (κ2) is 9.91. The zero-order valence-corrected chi connectivity index (χ0v) is 18.6. The summed E-state index contributed by atoms with van der Waals surface area (Å²) in [6.45, 7) is 2.51. The van der Waals surface area contributed by atoms with Crippen molar-refractivity contribution in [3.05, 3.63) is 89.6 Å². The molecular weight excluding hydrogens is 416 g/mol. The molecule has 3 rings (SSSR count). The molecule has 5 nitrogen and oxygen atoms in total. The summed E-state index contributed by atoms with van der Waals surface area (Å²) in [7, 11) is -1.61. The largest absolute Gasteiger partial charge is 0.337 e. The van der Waals surface area contributed by atoms with Crippen molar-refractivity contribution in [3.63, 3.8) is 0 Å². The van der Waals surface area contributed by atoms with Gasteiger partial charge in [0.05, 0.1) is 16.2 Å². The van der Waals surface area contributed by atoms with Crippen molar-refractivity contribution in [2.75, 3.05) is 18.6 Å². The molecule has 1 heterocycles. The number of nitrogens with zero attached hydrogens (tertiary/aromatic N) is 2. The van der Waals surface area contributed by atoms with Crippen molar-refractivity contribution < 1.29 is 13.2 Å². The molecule has 156 valence electrons. The van der Waals surface area contributed by atoms with Crippen molar-refractivity contribution in [2.24, 2.45) is 0 Å².